The van der Waals surface area contributed by atoms with Crippen molar-refractivity contribution >= 4 is 5.91 Å². The van der Waals surface area contributed by atoms with Crippen molar-refractivity contribution in [2.45, 2.75) is 19.4 Å². The lowest BCUT2D eigenvalue weighted by Crippen LogP contribution is -2.37. The second-order valence-corrected chi connectivity index (χ2v) is 5.52. The third-order valence-electron chi connectivity index (χ3n) is 3.40. The first kappa shape index (κ1) is 14.0. The van der Waals surface area contributed by atoms with Crippen molar-refractivity contribution in [2.75, 3.05) is 27.2 Å². The summed E-state index contributed by atoms with van der Waals surface area (Å²) in [5.74, 6) is 0.608. The minimum Gasteiger partial charge on any atom is -0.344 e. The van der Waals surface area contributed by atoms with E-state index in [1.54, 1.807) is 11.0 Å². The highest BCUT2D eigenvalue weighted by Gasteiger charge is 2.25. The largest absolute Gasteiger partial charge is 0.344 e. The molecule has 1 aliphatic rings. The van der Waals surface area contributed by atoms with E-state index in [1.165, 1.54) is 25.0 Å². The Hall–Kier alpha value is -1.42. The minimum atomic E-state index is -0.233. The Balaban J connectivity index is 1.79. The Bertz CT molecular complexity index is 446. The van der Waals surface area contributed by atoms with E-state index >= 15 is 0 Å². The molecule has 0 bridgehead atoms. The van der Waals surface area contributed by atoms with Crippen LogP contribution in [0.2, 0.25) is 0 Å². The molecule has 4 heteroatoms. The maximum absolute atomic E-state index is 13.1. The van der Waals surface area contributed by atoms with Gasteiger partial charge in [0.25, 0.3) is 0 Å². The zero-order valence-corrected chi connectivity index (χ0v) is 11.6. The lowest BCUT2D eigenvalue weighted by Gasteiger charge is -2.21. The van der Waals surface area contributed by atoms with Gasteiger partial charge in [0.1, 0.15) is 5.82 Å². The predicted octanol–water partition coefficient (Wildman–Crippen LogP) is 2.13. The first-order valence-corrected chi connectivity index (χ1v) is 6.71. The summed E-state index contributed by atoms with van der Waals surface area (Å²) in [6.45, 7) is 1.83. The Morgan fingerprint density at radius 3 is 2.74 bits per heavy atom. The summed E-state index contributed by atoms with van der Waals surface area (Å²) < 4.78 is 13.1. The third kappa shape index (κ3) is 4.63. The van der Waals surface area contributed by atoms with Crippen LogP contribution in [-0.4, -0.2) is 42.9 Å². The molecular weight excluding hydrogens is 243 g/mol. The van der Waals surface area contributed by atoms with Crippen LogP contribution in [0.25, 0.3) is 0 Å². The van der Waals surface area contributed by atoms with Gasteiger partial charge in [0, 0.05) is 20.1 Å². The normalized spacial score (nSPS) is 14.7. The number of benzene rings is 1. The van der Waals surface area contributed by atoms with Gasteiger partial charge < -0.3 is 4.90 Å². The van der Waals surface area contributed by atoms with Crippen LogP contribution in [0.4, 0.5) is 4.39 Å². The molecular formula is C15H21FN2O. The molecule has 0 aromatic heterocycles. The first-order valence-electron chi connectivity index (χ1n) is 6.71. The van der Waals surface area contributed by atoms with E-state index in [0.717, 1.165) is 12.1 Å². The molecule has 0 N–H and O–H groups in total. The highest BCUT2D eigenvalue weighted by Crippen LogP contribution is 2.29. The number of hydrogen-bond acceptors (Lipinski definition) is 2. The number of carbonyl (C=O) groups excluding carboxylic acids is 1. The Labute approximate surface area is 114 Å². The van der Waals surface area contributed by atoms with Crippen LogP contribution < -0.4 is 0 Å². The van der Waals surface area contributed by atoms with Crippen LogP contribution in [0.15, 0.2) is 24.3 Å². The zero-order valence-electron chi connectivity index (χ0n) is 11.6. The minimum absolute atomic E-state index is 0.130. The van der Waals surface area contributed by atoms with Gasteiger partial charge in [-0.3, -0.25) is 9.69 Å². The van der Waals surface area contributed by atoms with E-state index in [2.05, 4.69) is 0 Å². The molecule has 0 aliphatic heterocycles. The van der Waals surface area contributed by atoms with Crippen molar-refractivity contribution < 1.29 is 9.18 Å². The average molecular weight is 264 g/mol. The number of halogens is 1. The molecule has 2 rings (SSSR count). The number of nitrogens with zero attached hydrogens (tertiary/aromatic N) is 2. The monoisotopic (exact) mass is 264 g/mol. The molecule has 0 spiro atoms. The second-order valence-electron chi connectivity index (χ2n) is 5.52. The molecule has 0 unspecified atom stereocenters. The average Bonchev–Trinajstić information content (AvgIpc) is 3.12. The summed E-state index contributed by atoms with van der Waals surface area (Å²) >= 11 is 0. The number of carbonyl (C=O) groups is 1. The lowest BCUT2D eigenvalue weighted by atomic mass is 10.2. The summed E-state index contributed by atoms with van der Waals surface area (Å²) in [6.07, 6.45) is 2.49. The molecule has 1 fully saturated rings. The number of hydrogen-bond donors (Lipinski definition) is 0. The smallest absolute Gasteiger partial charge is 0.236 e. The number of amides is 1. The Morgan fingerprint density at radius 1 is 1.37 bits per heavy atom. The first-order chi connectivity index (χ1) is 9.04. The standard InChI is InChI=1S/C15H21FN2O/c1-17(9-13-4-3-5-14(16)8-13)11-15(19)18(2)10-12-6-7-12/h3-5,8,12H,6-7,9-11H2,1-2H3. The molecule has 104 valence electrons. The van der Waals surface area contributed by atoms with E-state index in [9.17, 15) is 9.18 Å². The molecule has 1 saturated carbocycles. The maximum Gasteiger partial charge on any atom is 0.236 e. The van der Waals surface area contributed by atoms with Gasteiger partial charge in [-0.05, 0) is 43.5 Å². The second kappa shape index (κ2) is 6.15. The van der Waals surface area contributed by atoms with E-state index in [4.69, 9.17) is 0 Å². The molecule has 19 heavy (non-hydrogen) atoms. The van der Waals surface area contributed by atoms with Gasteiger partial charge in [-0.15, -0.1) is 0 Å². The van der Waals surface area contributed by atoms with Gasteiger partial charge in [0.2, 0.25) is 5.91 Å². The lowest BCUT2D eigenvalue weighted by molar-refractivity contribution is -0.131. The van der Waals surface area contributed by atoms with Crippen LogP contribution in [0, 0.1) is 11.7 Å². The molecule has 1 aliphatic carbocycles. The van der Waals surface area contributed by atoms with Crippen molar-refractivity contribution in [3.63, 3.8) is 0 Å². The summed E-state index contributed by atoms with van der Waals surface area (Å²) in [7, 11) is 3.74. The van der Waals surface area contributed by atoms with Gasteiger partial charge in [-0.2, -0.15) is 0 Å². The molecule has 1 amide bonds. The summed E-state index contributed by atoms with van der Waals surface area (Å²) in [4.78, 5) is 15.7. The van der Waals surface area contributed by atoms with Crippen LogP contribution in [0.3, 0.4) is 0 Å². The van der Waals surface area contributed by atoms with Crippen molar-refractivity contribution in [1.82, 2.24) is 9.80 Å². The fraction of sp³-hybridized carbons (Fsp3) is 0.533. The predicted molar refractivity (Wildman–Crippen MR) is 73.1 cm³/mol. The fourth-order valence-electron chi connectivity index (χ4n) is 2.14. The van der Waals surface area contributed by atoms with Gasteiger partial charge >= 0.3 is 0 Å². The van der Waals surface area contributed by atoms with Crippen molar-refractivity contribution in [3.8, 4) is 0 Å². The number of rotatable bonds is 6. The van der Waals surface area contributed by atoms with Crippen LogP contribution in [0.1, 0.15) is 18.4 Å². The quantitative estimate of drug-likeness (QED) is 0.786. The zero-order chi connectivity index (χ0) is 13.8. The van der Waals surface area contributed by atoms with E-state index < -0.39 is 0 Å². The van der Waals surface area contributed by atoms with Crippen molar-refractivity contribution in [3.05, 3.63) is 35.6 Å². The molecule has 0 heterocycles. The van der Waals surface area contributed by atoms with Crippen molar-refractivity contribution in [1.29, 1.82) is 0 Å². The highest BCUT2D eigenvalue weighted by molar-refractivity contribution is 5.78. The summed E-state index contributed by atoms with van der Waals surface area (Å²) in [5, 5.41) is 0. The maximum atomic E-state index is 13.1. The molecule has 0 atom stereocenters. The SMILES string of the molecule is CN(CC(=O)N(C)CC1CC1)Cc1cccc(F)c1. The van der Waals surface area contributed by atoms with Crippen LogP contribution >= 0.6 is 0 Å². The summed E-state index contributed by atoms with van der Waals surface area (Å²) in [5.41, 5.74) is 0.889. The third-order valence-corrected chi connectivity index (χ3v) is 3.40. The molecule has 0 saturated heterocycles. The van der Waals surface area contributed by atoms with Crippen LogP contribution in [0.5, 0.6) is 0 Å². The Kier molecular flexibility index (Phi) is 4.53. The fourth-order valence-corrected chi connectivity index (χ4v) is 2.14. The van der Waals surface area contributed by atoms with Gasteiger partial charge in [-0.25, -0.2) is 4.39 Å². The van der Waals surface area contributed by atoms with Gasteiger partial charge in [0.15, 0.2) is 0 Å². The van der Waals surface area contributed by atoms with E-state index in [-0.39, 0.29) is 11.7 Å². The molecule has 1 aromatic carbocycles. The van der Waals surface area contributed by atoms with E-state index in [0.29, 0.717) is 19.0 Å². The summed E-state index contributed by atoms with van der Waals surface area (Å²) in [6, 6.07) is 6.50. The topological polar surface area (TPSA) is 23.6 Å². The number of likely N-dealkylation sites (N-methyl/N-ethyl adjacent to an activating group) is 2. The highest BCUT2D eigenvalue weighted by atomic mass is 19.1. The molecule has 1 aromatic rings. The molecule has 0 radical (unpaired) electrons. The molecule has 3 nitrogen and oxygen atoms in total. The Morgan fingerprint density at radius 2 is 2.11 bits per heavy atom. The van der Waals surface area contributed by atoms with E-state index in [1.807, 2.05) is 25.1 Å². The van der Waals surface area contributed by atoms with Crippen LogP contribution in [-0.2, 0) is 11.3 Å². The van der Waals surface area contributed by atoms with Crippen molar-refractivity contribution in [2.24, 2.45) is 5.92 Å². The van der Waals surface area contributed by atoms with Gasteiger partial charge in [-0.1, -0.05) is 12.1 Å². The van der Waals surface area contributed by atoms with Gasteiger partial charge in [0.05, 0.1) is 6.54 Å².